The molecule has 14 heavy (non-hydrogen) atoms. The van der Waals surface area contributed by atoms with Gasteiger partial charge in [0.15, 0.2) is 0 Å². The zero-order valence-electron chi connectivity index (χ0n) is 8.58. The number of hydrogen-bond donors (Lipinski definition) is 0. The van der Waals surface area contributed by atoms with Gasteiger partial charge in [0.2, 0.25) is 0 Å². The highest BCUT2D eigenvalue weighted by Crippen LogP contribution is 2.28. The summed E-state index contributed by atoms with van der Waals surface area (Å²) < 4.78 is 11.1. The Labute approximate surface area is 92.7 Å². The van der Waals surface area contributed by atoms with E-state index >= 15 is 0 Å². The van der Waals surface area contributed by atoms with Gasteiger partial charge in [0.05, 0.1) is 11.6 Å². The molecule has 0 unspecified atom stereocenters. The molecule has 0 atom stereocenters. The highest BCUT2D eigenvalue weighted by atomic mass is 79.9. The molecule has 0 heterocycles. The van der Waals surface area contributed by atoms with Gasteiger partial charge < -0.3 is 14.4 Å². The lowest BCUT2D eigenvalue weighted by Crippen LogP contribution is -2.19. The second-order valence-corrected chi connectivity index (χ2v) is 3.79. The monoisotopic (exact) mass is 259 g/mol. The first-order valence-corrected chi connectivity index (χ1v) is 5.02. The quantitative estimate of drug-likeness (QED) is 0.776. The summed E-state index contributed by atoms with van der Waals surface area (Å²) in [5.74, 6) is 0.833. The second kappa shape index (κ2) is 5.22. The van der Waals surface area contributed by atoms with Crippen molar-refractivity contribution in [2.45, 2.75) is 0 Å². The largest absolute Gasteiger partial charge is 0.496 e. The van der Waals surface area contributed by atoms with Gasteiger partial charge in [-0.15, -0.1) is 0 Å². The van der Waals surface area contributed by atoms with Crippen molar-refractivity contribution in [1.82, 2.24) is 0 Å². The Bertz CT molecular complexity index is 304. The zero-order chi connectivity index (χ0) is 10.6. The van der Waals surface area contributed by atoms with E-state index in [2.05, 4.69) is 15.9 Å². The molecule has 4 heteroatoms. The maximum Gasteiger partial charge on any atom is 0.133 e. The fraction of sp³-hybridized carbons (Fsp3) is 0.400. The van der Waals surface area contributed by atoms with Crippen molar-refractivity contribution in [3.8, 4) is 5.75 Å². The van der Waals surface area contributed by atoms with Gasteiger partial charge in [-0.25, -0.2) is 0 Å². The Balaban J connectivity index is 2.85. The minimum Gasteiger partial charge on any atom is -0.496 e. The van der Waals surface area contributed by atoms with Crippen molar-refractivity contribution in [2.75, 3.05) is 32.9 Å². The normalized spacial score (nSPS) is 10.0. The summed E-state index contributed by atoms with van der Waals surface area (Å²) in [5, 5.41) is 0. The fourth-order valence-electron chi connectivity index (χ4n) is 1.16. The Morgan fingerprint density at radius 2 is 2.07 bits per heavy atom. The lowest BCUT2D eigenvalue weighted by molar-refractivity contribution is 0.202. The topological polar surface area (TPSA) is 21.7 Å². The van der Waals surface area contributed by atoms with Crippen LogP contribution in [-0.2, 0) is 4.74 Å². The molecule has 0 aliphatic rings. The molecule has 0 aliphatic heterocycles. The summed E-state index contributed by atoms with van der Waals surface area (Å²) in [6.45, 7) is 0.568. The minimum atomic E-state index is 0.568. The maximum absolute atomic E-state index is 5.14. The number of anilines is 1. The van der Waals surface area contributed by atoms with Gasteiger partial charge in [0.25, 0.3) is 0 Å². The molecule has 1 rings (SSSR count). The van der Waals surface area contributed by atoms with E-state index in [1.165, 1.54) is 0 Å². The first-order valence-electron chi connectivity index (χ1n) is 4.22. The number of halogens is 1. The van der Waals surface area contributed by atoms with Gasteiger partial charge in [0.1, 0.15) is 12.5 Å². The van der Waals surface area contributed by atoms with Gasteiger partial charge in [-0.05, 0) is 34.1 Å². The average molecular weight is 260 g/mol. The average Bonchev–Trinajstić information content (AvgIpc) is 2.18. The van der Waals surface area contributed by atoms with Crippen molar-refractivity contribution >= 4 is 21.6 Å². The molecule has 0 saturated carbocycles. The zero-order valence-corrected chi connectivity index (χ0v) is 10.2. The molecule has 1 aromatic carbocycles. The van der Waals surface area contributed by atoms with Crippen molar-refractivity contribution in [1.29, 1.82) is 0 Å². The SMILES string of the molecule is COCN(C)c1ccc(OC)c(Br)c1. The molecule has 3 nitrogen and oxygen atoms in total. The third-order valence-electron chi connectivity index (χ3n) is 1.90. The van der Waals surface area contributed by atoms with E-state index in [-0.39, 0.29) is 0 Å². The lowest BCUT2D eigenvalue weighted by Gasteiger charge is -2.18. The first-order chi connectivity index (χ1) is 6.69. The van der Waals surface area contributed by atoms with E-state index in [0.29, 0.717) is 6.73 Å². The van der Waals surface area contributed by atoms with Crippen LogP contribution in [0.4, 0.5) is 5.69 Å². The highest BCUT2D eigenvalue weighted by molar-refractivity contribution is 9.10. The third-order valence-corrected chi connectivity index (χ3v) is 2.52. The molecule has 0 fully saturated rings. The van der Waals surface area contributed by atoms with E-state index in [1.54, 1.807) is 14.2 Å². The van der Waals surface area contributed by atoms with Gasteiger partial charge >= 0.3 is 0 Å². The third kappa shape index (κ3) is 2.62. The van der Waals surface area contributed by atoms with Crippen LogP contribution >= 0.6 is 15.9 Å². The summed E-state index contributed by atoms with van der Waals surface area (Å²) in [6.07, 6.45) is 0. The van der Waals surface area contributed by atoms with Crippen LogP contribution in [0.15, 0.2) is 22.7 Å². The van der Waals surface area contributed by atoms with Crippen LogP contribution in [0.1, 0.15) is 0 Å². The maximum atomic E-state index is 5.14. The molecular weight excluding hydrogens is 246 g/mol. The molecule has 0 radical (unpaired) electrons. The van der Waals surface area contributed by atoms with Crippen molar-refractivity contribution in [3.63, 3.8) is 0 Å². The summed E-state index contributed by atoms with van der Waals surface area (Å²) in [5.41, 5.74) is 1.08. The Morgan fingerprint density at radius 1 is 1.36 bits per heavy atom. The van der Waals surface area contributed by atoms with Crippen LogP contribution in [0, 0.1) is 0 Å². The molecule has 0 aliphatic carbocycles. The van der Waals surface area contributed by atoms with Gasteiger partial charge in [-0.1, -0.05) is 0 Å². The molecule has 0 spiro atoms. The van der Waals surface area contributed by atoms with Crippen LogP contribution in [0.25, 0.3) is 0 Å². The van der Waals surface area contributed by atoms with Crippen molar-refractivity contribution < 1.29 is 9.47 Å². The molecule has 0 aromatic heterocycles. The summed E-state index contributed by atoms with van der Waals surface area (Å²) in [4.78, 5) is 2.00. The van der Waals surface area contributed by atoms with Crippen LogP contribution in [0.5, 0.6) is 5.75 Å². The van der Waals surface area contributed by atoms with E-state index in [4.69, 9.17) is 9.47 Å². The molecule has 0 saturated heterocycles. The molecule has 1 aromatic rings. The highest BCUT2D eigenvalue weighted by Gasteiger charge is 2.04. The minimum absolute atomic E-state index is 0.568. The molecule has 0 N–H and O–H groups in total. The van der Waals surface area contributed by atoms with Crippen LogP contribution in [0.3, 0.4) is 0 Å². The summed E-state index contributed by atoms with van der Waals surface area (Å²) in [7, 11) is 5.30. The predicted molar refractivity (Wildman–Crippen MR) is 61.0 cm³/mol. The van der Waals surface area contributed by atoms with Crippen LogP contribution in [-0.4, -0.2) is 28.0 Å². The smallest absolute Gasteiger partial charge is 0.133 e. The Hall–Kier alpha value is -0.740. The number of benzene rings is 1. The lowest BCUT2D eigenvalue weighted by atomic mass is 10.3. The number of rotatable bonds is 4. The van der Waals surface area contributed by atoms with Crippen LogP contribution < -0.4 is 9.64 Å². The van der Waals surface area contributed by atoms with E-state index in [1.807, 2.05) is 30.1 Å². The number of methoxy groups -OCH3 is 2. The molecule has 0 bridgehead atoms. The van der Waals surface area contributed by atoms with Crippen molar-refractivity contribution in [2.24, 2.45) is 0 Å². The van der Waals surface area contributed by atoms with Gasteiger partial charge in [-0.2, -0.15) is 0 Å². The van der Waals surface area contributed by atoms with Gasteiger partial charge in [-0.3, -0.25) is 0 Å². The Morgan fingerprint density at radius 3 is 2.57 bits per heavy atom. The Kier molecular flexibility index (Phi) is 4.22. The van der Waals surface area contributed by atoms with Crippen LogP contribution in [0.2, 0.25) is 0 Å². The number of nitrogens with zero attached hydrogens (tertiary/aromatic N) is 1. The standard InChI is InChI=1S/C10H14BrNO2/c1-12(7-13-2)8-4-5-10(14-3)9(11)6-8/h4-6H,7H2,1-3H3. The number of hydrogen-bond acceptors (Lipinski definition) is 3. The summed E-state index contributed by atoms with van der Waals surface area (Å²) >= 11 is 3.43. The van der Waals surface area contributed by atoms with E-state index < -0.39 is 0 Å². The molecule has 78 valence electrons. The van der Waals surface area contributed by atoms with E-state index in [9.17, 15) is 0 Å². The fourth-order valence-corrected chi connectivity index (χ4v) is 1.69. The molecule has 0 amide bonds. The summed E-state index contributed by atoms with van der Waals surface area (Å²) in [6, 6.07) is 5.91. The van der Waals surface area contributed by atoms with Crippen molar-refractivity contribution in [3.05, 3.63) is 22.7 Å². The van der Waals surface area contributed by atoms with Gasteiger partial charge in [0, 0.05) is 19.8 Å². The first kappa shape index (κ1) is 11.3. The number of ether oxygens (including phenoxy) is 2. The van der Waals surface area contributed by atoms with E-state index in [0.717, 1.165) is 15.9 Å². The second-order valence-electron chi connectivity index (χ2n) is 2.93. The molecular formula is C10H14BrNO2. The predicted octanol–water partition coefficient (Wildman–Crippen LogP) is 2.50.